The van der Waals surface area contributed by atoms with Crippen LogP contribution in [-0.2, 0) is 16.5 Å². The molecule has 0 unspecified atom stereocenters. The van der Waals surface area contributed by atoms with Gasteiger partial charge in [0, 0.05) is 0 Å². The Hall–Kier alpha value is -0.0700. The minimum atomic E-state index is -4.20. The van der Waals surface area contributed by atoms with Gasteiger partial charge in [-0.05, 0) is 30.5 Å². The zero-order valence-corrected chi connectivity index (χ0v) is 17.2. The summed E-state index contributed by atoms with van der Waals surface area (Å²) in [5.74, 6) is 0.110. The number of aryl methyl sites for hydroxylation is 1. The van der Waals surface area contributed by atoms with E-state index in [4.69, 9.17) is 4.74 Å². The maximum atomic E-state index is 10.5. The fourth-order valence-corrected chi connectivity index (χ4v) is 2.59. The molecule has 0 saturated heterocycles. The van der Waals surface area contributed by atoms with Gasteiger partial charge in [0.2, 0.25) is 0 Å². The van der Waals surface area contributed by atoms with E-state index < -0.39 is 15.9 Å². The third-order valence-electron chi connectivity index (χ3n) is 3.59. The SMILES string of the molecule is CCCCCCCCCc1ccc(OCCS(=O)(=O)[O-])cc1.[Na+]. The number of hydrogen-bond acceptors (Lipinski definition) is 4. The summed E-state index contributed by atoms with van der Waals surface area (Å²) in [6.07, 6.45) is 10.1. The maximum Gasteiger partial charge on any atom is 1.00 e. The molecule has 23 heavy (non-hydrogen) atoms. The first-order chi connectivity index (χ1) is 10.5. The summed E-state index contributed by atoms with van der Waals surface area (Å²) >= 11 is 0. The van der Waals surface area contributed by atoms with Gasteiger partial charge in [-0.2, -0.15) is 0 Å². The van der Waals surface area contributed by atoms with Crippen molar-refractivity contribution in [2.24, 2.45) is 0 Å². The van der Waals surface area contributed by atoms with E-state index in [-0.39, 0.29) is 36.2 Å². The van der Waals surface area contributed by atoms with E-state index in [1.807, 2.05) is 24.3 Å². The van der Waals surface area contributed by atoms with Crippen molar-refractivity contribution in [3.05, 3.63) is 29.8 Å². The number of hydrogen-bond donors (Lipinski definition) is 0. The average Bonchev–Trinajstić information content (AvgIpc) is 2.46. The molecule has 0 saturated carbocycles. The van der Waals surface area contributed by atoms with Gasteiger partial charge in [-0.15, -0.1) is 0 Å². The maximum absolute atomic E-state index is 10.5. The quantitative estimate of drug-likeness (QED) is 0.319. The van der Waals surface area contributed by atoms with Gasteiger partial charge in [-0.3, -0.25) is 0 Å². The van der Waals surface area contributed by atoms with E-state index in [0.29, 0.717) is 5.75 Å². The molecule has 1 rings (SSSR count). The molecule has 0 heterocycles. The molecule has 0 amide bonds. The molecule has 0 aliphatic heterocycles. The second kappa shape index (κ2) is 13.2. The van der Waals surface area contributed by atoms with Gasteiger partial charge in [-0.1, -0.05) is 57.6 Å². The topological polar surface area (TPSA) is 66.4 Å². The van der Waals surface area contributed by atoms with Crippen LogP contribution in [0.4, 0.5) is 0 Å². The first-order valence-electron chi connectivity index (χ1n) is 8.16. The summed E-state index contributed by atoms with van der Waals surface area (Å²) in [6, 6.07) is 7.65. The van der Waals surface area contributed by atoms with Crippen LogP contribution in [0, 0.1) is 0 Å². The minimum absolute atomic E-state index is 0. The second-order valence-electron chi connectivity index (χ2n) is 5.63. The molecule has 1 aromatic rings. The van der Waals surface area contributed by atoms with E-state index in [1.54, 1.807) is 0 Å². The summed E-state index contributed by atoms with van der Waals surface area (Å²) in [6.45, 7) is 2.13. The zero-order valence-electron chi connectivity index (χ0n) is 14.4. The van der Waals surface area contributed by atoms with Crippen LogP contribution in [0.1, 0.15) is 57.4 Å². The molecule has 0 spiro atoms. The predicted molar refractivity (Wildman–Crippen MR) is 88.2 cm³/mol. The Morgan fingerprint density at radius 3 is 2.09 bits per heavy atom. The Labute approximate surface area is 163 Å². The van der Waals surface area contributed by atoms with E-state index >= 15 is 0 Å². The number of unbranched alkanes of at least 4 members (excludes halogenated alkanes) is 6. The molecule has 0 aliphatic rings. The zero-order chi connectivity index (χ0) is 16.3. The van der Waals surface area contributed by atoms with Gasteiger partial charge in [0.1, 0.15) is 12.4 Å². The Balaban J connectivity index is 0.00000484. The van der Waals surface area contributed by atoms with Crippen LogP contribution in [0.15, 0.2) is 24.3 Å². The summed E-state index contributed by atoms with van der Waals surface area (Å²) in [5.41, 5.74) is 1.26. The first-order valence-corrected chi connectivity index (χ1v) is 9.74. The van der Waals surface area contributed by atoms with Crippen LogP contribution in [0.2, 0.25) is 0 Å². The fraction of sp³-hybridized carbons (Fsp3) is 0.647. The van der Waals surface area contributed by atoms with Crippen LogP contribution >= 0.6 is 0 Å². The Bertz CT molecular complexity index is 500. The third-order valence-corrected chi connectivity index (χ3v) is 4.26. The molecular weight excluding hydrogens is 323 g/mol. The van der Waals surface area contributed by atoms with Gasteiger partial charge in [-0.25, -0.2) is 8.42 Å². The van der Waals surface area contributed by atoms with E-state index in [9.17, 15) is 13.0 Å². The molecular formula is C17H27NaO4S. The monoisotopic (exact) mass is 350 g/mol. The van der Waals surface area contributed by atoms with Gasteiger partial charge in [0.25, 0.3) is 0 Å². The molecule has 0 atom stereocenters. The van der Waals surface area contributed by atoms with Crippen molar-refractivity contribution in [2.45, 2.75) is 58.3 Å². The van der Waals surface area contributed by atoms with Crippen LogP contribution in [-0.4, -0.2) is 25.3 Å². The van der Waals surface area contributed by atoms with Crippen molar-refractivity contribution >= 4 is 10.1 Å². The molecule has 0 N–H and O–H groups in total. The fourth-order valence-electron chi connectivity index (χ4n) is 2.30. The van der Waals surface area contributed by atoms with Crippen molar-refractivity contribution in [3.63, 3.8) is 0 Å². The van der Waals surface area contributed by atoms with E-state index in [0.717, 1.165) is 6.42 Å². The van der Waals surface area contributed by atoms with Gasteiger partial charge in [0.15, 0.2) is 0 Å². The number of rotatable bonds is 12. The molecule has 6 heteroatoms. The molecule has 4 nitrogen and oxygen atoms in total. The van der Waals surface area contributed by atoms with Crippen molar-refractivity contribution in [1.82, 2.24) is 0 Å². The Kier molecular flexibility index (Phi) is 13.2. The van der Waals surface area contributed by atoms with E-state index in [2.05, 4.69) is 6.92 Å². The summed E-state index contributed by atoms with van der Waals surface area (Å²) in [4.78, 5) is 0. The van der Waals surface area contributed by atoms with Crippen LogP contribution < -0.4 is 34.3 Å². The van der Waals surface area contributed by atoms with Gasteiger partial charge in [0.05, 0.1) is 15.9 Å². The molecule has 0 aliphatic carbocycles. The van der Waals surface area contributed by atoms with Crippen LogP contribution in [0.5, 0.6) is 5.75 Å². The smallest absolute Gasteiger partial charge is 0.748 e. The van der Waals surface area contributed by atoms with Crippen molar-refractivity contribution in [1.29, 1.82) is 0 Å². The first kappa shape index (κ1) is 22.9. The normalized spacial score (nSPS) is 11.0. The predicted octanol–water partition coefficient (Wildman–Crippen LogP) is 0.908. The Morgan fingerprint density at radius 1 is 0.957 bits per heavy atom. The van der Waals surface area contributed by atoms with Crippen LogP contribution in [0.25, 0.3) is 0 Å². The van der Waals surface area contributed by atoms with Gasteiger partial charge >= 0.3 is 29.6 Å². The molecule has 0 fully saturated rings. The largest absolute Gasteiger partial charge is 1.00 e. The molecule has 1 aromatic carbocycles. The standard InChI is InChI=1S/C17H28O4S.Na/c1-2-3-4-5-6-7-8-9-16-10-12-17(13-11-16)21-14-15-22(18,19)20;/h10-13H,2-9,14-15H2,1H3,(H,18,19,20);/q;+1/p-1. The third kappa shape index (κ3) is 13.0. The molecule has 0 radical (unpaired) electrons. The van der Waals surface area contributed by atoms with Crippen molar-refractivity contribution in [3.8, 4) is 5.75 Å². The van der Waals surface area contributed by atoms with Crippen molar-refractivity contribution in [2.75, 3.05) is 12.4 Å². The van der Waals surface area contributed by atoms with Crippen LogP contribution in [0.3, 0.4) is 0 Å². The van der Waals surface area contributed by atoms with E-state index in [1.165, 1.54) is 50.5 Å². The Morgan fingerprint density at radius 2 is 1.52 bits per heavy atom. The molecule has 126 valence electrons. The van der Waals surface area contributed by atoms with Crippen molar-refractivity contribution < 1.29 is 47.3 Å². The summed E-state index contributed by atoms with van der Waals surface area (Å²) in [7, 11) is -4.20. The minimum Gasteiger partial charge on any atom is -0.748 e. The molecule has 0 aromatic heterocycles. The summed E-state index contributed by atoms with van der Waals surface area (Å²) in [5, 5.41) is 0. The number of benzene rings is 1. The number of ether oxygens (including phenoxy) is 1. The van der Waals surface area contributed by atoms with Gasteiger partial charge < -0.3 is 9.29 Å². The summed E-state index contributed by atoms with van der Waals surface area (Å²) < 4.78 is 36.6. The second-order valence-corrected chi connectivity index (χ2v) is 7.15. The average molecular weight is 350 g/mol. The molecule has 0 bridgehead atoms.